The molecule has 0 aliphatic carbocycles. The number of hydrogen-bond donors (Lipinski definition) is 0. The second-order valence-electron chi connectivity index (χ2n) is 3.41. The number of rotatable bonds is 4. The molecule has 1 aromatic carbocycles. The third kappa shape index (κ3) is 3.10. The molecule has 0 unspecified atom stereocenters. The van der Waals surface area contributed by atoms with Crippen molar-refractivity contribution in [1.29, 1.82) is 5.26 Å². The van der Waals surface area contributed by atoms with Crippen molar-refractivity contribution in [1.82, 2.24) is 0 Å². The van der Waals surface area contributed by atoms with Gasteiger partial charge in [0.25, 0.3) is 0 Å². The average molecular weight is 202 g/mol. The summed E-state index contributed by atoms with van der Waals surface area (Å²) in [7, 11) is 1.87. The zero-order valence-electron chi connectivity index (χ0n) is 9.03. The van der Waals surface area contributed by atoms with Crippen molar-refractivity contribution < 1.29 is 4.79 Å². The van der Waals surface area contributed by atoms with Gasteiger partial charge >= 0.3 is 0 Å². The SMILES string of the molecule is CCC(=O)CN(C)c1ccc(C#N)cc1. The van der Waals surface area contributed by atoms with E-state index in [0.717, 1.165) is 5.69 Å². The van der Waals surface area contributed by atoms with Crippen molar-refractivity contribution in [3.8, 4) is 6.07 Å². The summed E-state index contributed by atoms with van der Waals surface area (Å²) in [6.45, 7) is 2.28. The first kappa shape index (κ1) is 11.3. The summed E-state index contributed by atoms with van der Waals surface area (Å²) >= 11 is 0. The van der Waals surface area contributed by atoms with Crippen LogP contribution in [0.2, 0.25) is 0 Å². The summed E-state index contributed by atoms with van der Waals surface area (Å²) in [5.74, 6) is 0.210. The van der Waals surface area contributed by atoms with Crippen LogP contribution < -0.4 is 4.90 Å². The number of anilines is 1. The summed E-state index contributed by atoms with van der Waals surface area (Å²) in [6.07, 6.45) is 0.556. The standard InChI is InChI=1S/C12H14N2O/c1-3-12(15)9-14(2)11-6-4-10(8-13)5-7-11/h4-7H,3,9H2,1-2H3. The molecule has 0 saturated heterocycles. The lowest BCUT2D eigenvalue weighted by molar-refractivity contribution is -0.117. The van der Waals surface area contributed by atoms with Gasteiger partial charge in [-0.05, 0) is 24.3 Å². The fourth-order valence-corrected chi connectivity index (χ4v) is 1.26. The topological polar surface area (TPSA) is 44.1 Å². The molecule has 15 heavy (non-hydrogen) atoms. The van der Waals surface area contributed by atoms with Crippen molar-refractivity contribution in [2.24, 2.45) is 0 Å². The van der Waals surface area contributed by atoms with Crippen LogP contribution in [0.25, 0.3) is 0 Å². The van der Waals surface area contributed by atoms with E-state index in [9.17, 15) is 4.79 Å². The van der Waals surface area contributed by atoms with Gasteiger partial charge in [0, 0.05) is 19.2 Å². The van der Waals surface area contributed by atoms with Crippen LogP contribution in [0.1, 0.15) is 18.9 Å². The molecule has 0 amide bonds. The van der Waals surface area contributed by atoms with Gasteiger partial charge in [-0.25, -0.2) is 0 Å². The van der Waals surface area contributed by atoms with Crippen LogP contribution >= 0.6 is 0 Å². The number of Topliss-reactive ketones (excluding diaryl/α,β-unsaturated/α-hetero) is 1. The number of carbonyl (C=O) groups excluding carboxylic acids is 1. The first-order valence-corrected chi connectivity index (χ1v) is 4.90. The highest BCUT2D eigenvalue weighted by atomic mass is 16.1. The van der Waals surface area contributed by atoms with Crippen LogP contribution in [0, 0.1) is 11.3 Å². The maximum absolute atomic E-state index is 11.2. The minimum atomic E-state index is 0.210. The molecule has 0 saturated carbocycles. The Balaban J connectivity index is 2.70. The van der Waals surface area contributed by atoms with Crippen LogP contribution in [-0.2, 0) is 4.79 Å². The number of hydrogen-bond acceptors (Lipinski definition) is 3. The van der Waals surface area contributed by atoms with Crippen LogP contribution in [0.5, 0.6) is 0 Å². The van der Waals surface area contributed by atoms with Gasteiger partial charge in [-0.2, -0.15) is 5.26 Å². The van der Waals surface area contributed by atoms with Crippen molar-refractivity contribution in [3.63, 3.8) is 0 Å². The molecule has 0 aromatic heterocycles. The van der Waals surface area contributed by atoms with Gasteiger partial charge in [0.15, 0.2) is 5.78 Å². The molecule has 1 rings (SSSR count). The lowest BCUT2D eigenvalue weighted by Gasteiger charge is -2.17. The van der Waals surface area contributed by atoms with E-state index in [1.165, 1.54) is 0 Å². The zero-order chi connectivity index (χ0) is 11.3. The molecule has 0 radical (unpaired) electrons. The van der Waals surface area contributed by atoms with E-state index in [0.29, 0.717) is 18.5 Å². The second-order valence-corrected chi connectivity index (χ2v) is 3.41. The lowest BCUT2D eigenvalue weighted by atomic mass is 10.2. The van der Waals surface area contributed by atoms with Gasteiger partial charge in [0.1, 0.15) is 0 Å². The Kier molecular flexibility index (Phi) is 3.87. The number of likely N-dealkylation sites (N-methyl/N-ethyl adjacent to an activating group) is 1. The molecular weight excluding hydrogens is 188 g/mol. The number of ketones is 1. The van der Waals surface area contributed by atoms with Crippen molar-refractivity contribution in [3.05, 3.63) is 29.8 Å². The third-order valence-corrected chi connectivity index (χ3v) is 2.25. The Morgan fingerprint density at radius 3 is 2.47 bits per heavy atom. The smallest absolute Gasteiger partial charge is 0.151 e. The maximum atomic E-state index is 11.2. The largest absolute Gasteiger partial charge is 0.367 e. The summed E-state index contributed by atoms with van der Waals surface area (Å²) in [4.78, 5) is 13.1. The number of nitriles is 1. The summed E-state index contributed by atoms with van der Waals surface area (Å²) < 4.78 is 0. The Hall–Kier alpha value is -1.82. The highest BCUT2D eigenvalue weighted by Gasteiger charge is 2.05. The molecule has 0 fully saturated rings. The molecule has 0 N–H and O–H groups in total. The third-order valence-electron chi connectivity index (χ3n) is 2.25. The Morgan fingerprint density at radius 2 is 2.00 bits per heavy atom. The van der Waals surface area contributed by atoms with E-state index >= 15 is 0 Å². The molecule has 1 aromatic rings. The first-order valence-electron chi connectivity index (χ1n) is 4.90. The van der Waals surface area contributed by atoms with Crippen LogP contribution in [0.15, 0.2) is 24.3 Å². The van der Waals surface area contributed by atoms with Gasteiger partial charge in [-0.15, -0.1) is 0 Å². The van der Waals surface area contributed by atoms with E-state index in [1.807, 2.05) is 31.0 Å². The number of carbonyl (C=O) groups is 1. The Morgan fingerprint density at radius 1 is 1.40 bits per heavy atom. The molecule has 0 bridgehead atoms. The van der Waals surface area contributed by atoms with E-state index in [1.54, 1.807) is 12.1 Å². The first-order chi connectivity index (χ1) is 7.17. The van der Waals surface area contributed by atoms with E-state index < -0.39 is 0 Å². The normalized spacial score (nSPS) is 9.40. The minimum Gasteiger partial charge on any atom is -0.367 e. The predicted molar refractivity (Wildman–Crippen MR) is 59.7 cm³/mol. The molecule has 0 spiro atoms. The number of nitrogens with zero attached hydrogens (tertiary/aromatic N) is 2. The summed E-state index contributed by atoms with van der Waals surface area (Å²) in [6, 6.07) is 9.26. The average Bonchev–Trinajstić information content (AvgIpc) is 2.29. The van der Waals surface area contributed by atoms with Gasteiger partial charge in [0.05, 0.1) is 18.2 Å². The van der Waals surface area contributed by atoms with E-state index in [4.69, 9.17) is 5.26 Å². The van der Waals surface area contributed by atoms with Gasteiger partial charge in [-0.1, -0.05) is 6.92 Å². The molecular formula is C12H14N2O. The Labute approximate surface area is 89.9 Å². The lowest BCUT2D eigenvalue weighted by Crippen LogP contribution is -2.24. The fraction of sp³-hybridized carbons (Fsp3) is 0.333. The molecule has 78 valence electrons. The van der Waals surface area contributed by atoms with Gasteiger partial charge in [-0.3, -0.25) is 4.79 Å². The minimum absolute atomic E-state index is 0.210. The fourth-order valence-electron chi connectivity index (χ4n) is 1.26. The quantitative estimate of drug-likeness (QED) is 0.749. The molecule has 0 atom stereocenters. The molecule has 0 aliphatic heterocycles. The highest BCUT2D eigenvalue weighted by Crippen LogP contribution is 2.13. The molecule has 0 aliphatic rings. The van der Waals surface area contributed by atoms with Gasteiger partial charge < -0.3 is 4.90 Å². The molecule has 0 heterocycles. The van der Waals surface area contributed by atoms with E-state index in [-0.39, 0.29) is 5.78 Å². The van der Waals surface area contributed by atoms with Crippen molar-refractivity contribution in [2.45, 2.75) is 13.3 Å². The van der Waals surface area contributed by atoms with Crippen LogP contribution in [0.4, 0.5) is 5.69 Å². The molecule has 3 heteroatoms. The van der Waals surface area contributed by atoms with Gasteiger partial charge in [0.2, 0.25) is 0 Å². The van der Waals surface area contributed by atoms with E-state index in [2.05, 4.69) is 6.07 Å². The highest BCUT2D eigenvalue weighted by molar-refractivity contribution is 5.83. The maximum Gasteiger partial charge on any atom is 0.151 e. The summed E-state index contributed by atoms with van der Waals surface area (Å²) in [5, 5.41) is 8.63. The number of benzene rings is 1. The van der Waals surface area contributed by atoms with Crippen molar-refractivity contribution in [2.75, 3.05) is 18.5 Å². The Bertz CT molecular complexity index is 376. The van der Waals surface area contributed by atoms with Crippen LogP contribution in [0.3, 0.4) is 0 Å². The summed E-state index contributed by atoms with van der Waals surface area (Å²) in [5.41, 5.74) is 1.59. The molecule has 3 nitrogen and oxygen atoms in total. The van der Waals surface area contributed by atoms with Crippen molar-refractivity contribution >= 4 is 11.5 Å². The second kappa shape index (κ2) is 5.16. The zero-order valence-corrected chi connectivity index (χ0v) is 9.03. The monoisotopic (exact) mass is 202 g/mol. The van der Waals surface area contributed by atoms with Crippen LogP contribution in [-0.4, -0.2) is 19.4 Å². The predicted octanol–water partition coefficient (Wildman–Crippen LogP) is 1.97.